The van der Waals surface area contributed by atoms with Crippen LogP contribution in [0.1, 0.15) is 62.8 Å². The second kappa shape index (κ2) is 11.1. The number of nitrogens with two attached hydrogens (primary N) is 1. The summed E-state index contributed by atoms with van der Waals surface area (Å²) in [4.78, 5) is 9.81. The van der Waals surface area contributed by atoms with E-state index in [1.54, 1.807) is 31.4 Å². The largest absolute Gasteiger partial charge is 0.429 e. The molecule has 0 bridgehead atoms. The average Bonchev–Trinajstić information content (AvgIpc) is 3.56. The van der Waals surface area contributed by atoms with Gasteiger partial charge in [-0.15, -0.1) is 0 Å². The number of aromatic nitrogens is 2. The van der Waals surface area contributed by atoms with Crippen molar-refractivity contribution in [1.29, 1.82) is 0 Å². The van der Waals surface area contributed by atoms with Crippen molar-refractivity contribution in [3.63, 3.8) is 0 Å². The minimum atomic E-state index is -2.62. The SMILES string of the molecule is COC1CCC(c2cc(Nc3ccc4c(c3)CC(F)(F)C4)n(C(C)(C)C)n2)C1.Nc1ccc(OC=O)cc1. The van der Waals surface area contributed by atoms with E-state index in [2.05, 4.69) is 36.9 Å². The Balaban J connectivity index is 0.000000283. The highest BCUT2D eigenvalue weighted by Crippen LogP contribution is 2.39. The standard InChI is InChI=1S/C22H29F2N3O.C7H7NO2/c1-21(2,3)27-20(11-19(26-27)14-6-8-18(10-14)28-4)25-17-7-5-15-12-22(23,24)13-16(15)9-17;8-6-1-3-7(4-2-6)10-5-9/h5,7,9,11,14,18,25H,6,8,10,12-13H2,1-4H3;1-5H,8H2. The van der Waals surface area contributed by atoms with Gasteiger partial charge in [-0.05, 0) is 87.6 Å². The molecular weight excluding hydrogens is 490 g/mol. The maximum atomic E-state index is 13.7. The second-order valence-electron chi connectivity index (χ2n) is 11.0. The fourth-order valence-corrected chi connectivity index (χ4v) is 5.03. The van der Waals surface area contributed by atoms with Crippen LogP contribution < -0.4 is 15.8 Å². The minimum absolute atomic E-state index is 0.158. The van der Waals surface area contributed by atoms with Gasteiger partial charge in [-0.1, -0.05) is 6.07 Å². The summed E-state index contributed by atoms with van der Waals surface area (Å²) in [6.45, 7) is 6.73. The van der Waals surface area contributed by atoms with Gasteiger partial charge in [0.2, 0.25) is 0 Å². The highest BCUT2D eigenvalue weighted by atomic mass is 19.3. The Morgan fingerprint density at radius 1 is 1.08 bits per heavy atom. The van der Waals surface area contributed by atoms with Crippen molar-refractivity contribution in [1.82, 2.24) is 9.78 Å². The summed E-state index contributed by atoms with van der Waals surface area (Å²) in [6, 6.07) is 14.3. The summed E-state index contributed by atoms with van der Waals surface area (Å²) in [5.41, 5.74) is 9.22. The maximum Gasteiger partial charge on any atom is 0.298 e. The Labute approximate surface area is 222 Å². The van der Waals surface area contributed by atoms with Gasteiger partial charge in [0.25, 0.3) is 12.4 Å². The van der Waals surface area contributed by atoms with Crippen LogP contribution in [0.3, 0.4) is 0 Å². The normalized spacial score (nSPS) is 19.8. The van der Waals surface area contributed by atoms with Crippen LogP contribution in [0, 0.1) is 0 Å². The van der Waals surface area contributed by atoms with Gasteiger partial charge in [0.1, 0.15) is 11.6 Å². The highest BCUT2D eigenvalue weighted by Gasteiger charge is 2.37. The number of benzene rings is 2. The number of carbonyl (C=O) groups is 1. The van der Waals surface area contributed by atoms with E-state index in [1.807, 2.05) is 22.9 Å². The summed E-state index contributed by atoms with van der Waals surface area (Å²) in [7, 11) is 1.77. The van der Waals surface area contributed by atoms with Crippen LogP contribution in [0.5, 0.6) is 5.75 Å². The van der Waals surface area contributed by atoms with E-state index >= 15 is 0 Å². The van der Waals surface area contributed by atoms with Crippen molar-refractivity contribution >= 4 is 23.7 Å². The fraction of sp³-hybridized carbons (Fsp3) is 0.448. The van der Waals surface area contributed by atoms with Crippen molar-refractivity contribution in [3.8, 4) is 5.75 Å². The number of ether oxygens (including phenoxy) is 2. The number of fused-ring (bicyclic) bond motifs is 1. The highest BCUT2D eigenvalue weighted by molar-refractivity contribution is 5.60. The molecule has 2 unspecified atom stereocenters. The molecule has 2 aliphatic carbocycles. The summed E-state index contributed by atoms with van der Waals surface area (Å²) < 4.78 is 39.5. The molecular formula is C29H36F2N4O3. The van der Waals surface area contributed by atoms with E-state index in [9.17, 15) is 13.6 Å². The number of carbonyl (C=O) groups excluding carboxylic acids is 1. The topological polar surface area (TPSA) is 91.4 Å². The van der Waals surface area contributed by atoms with E-state index in [0.717, 1.165) is 47.6 Å². The molecule has 38 heavy (non-hydrogen) atoms. The van der Waals surface area contributed by atoms with Crippen LogP contribution in [-0.4, -0.2) is 35.4 Å². The number of nitrogens with one attached hydrogen (secondary N) is 1. The van der Waals surface area contributed by atoms with Crippen LogP contribution in [0.15, 0.2) is 48.5 Å². The van der Waals surface area contributed by atoms with Crippen LogP contribution >= 0.6 is 0 Å². The molecule has 2 atom stereocenters. The van der Waals surface area contributed by atoms with Gasteiger partial charge in [0.15, 0.2) is 0 Å². The number of hydrogen-bond donors (Lipinski definition) is 2. The molecule has 5 rings (SSSR count). The monoisotopic (exact) mass is 526 g/mol. The lowest BCUT2D eigenvalue weighted by Gasteiger charge is -2.23. The lowest BCUT2D eigenvalue weighted by atomic mass is 10.0. The van der Waals surface area contributed by atoms with Gasteiger partial charge in [0.05, 0.1) is 17.3 Å². The summed E-state index contributed by atoms with van der Waals surface area (Å²) in [5.74, 6) is -0.827. The molecule has 1 saturated carbocycles. The molecule has 0 saturated heterocycles. The van der Waals surface area contributed by atoms with Gasteiger partial charge in [0, 0.05) is 43.3 Å². The number of nitrogen functional groups attached to an aromatic ring is 1. The van der Waals surface area contributed by atoms with E-state index in [0.29, 0.717) is 29.9 Å². The van der Waals surface area contributed by atoms with Crippen molar-refractivity contribution in [3.05, 3.63) is 65.4 Å². The summed E-state index contributed by atoms with van der Waals surface area (Å²) >= 11 is 0. The fourth-order valence-electron chi connectivity index (χ4n) is 5.03. The predicted molar refractivity (Wildman–Crippen MR) is 144 cm³/mol. The minimum Gasteiger partial charge on any atom is -0.429 e. The number of methoxy groups -OCH3 is 1. The van der Waals surface area contributed by atoms with E-state index in [1.165, 1.54) is 0 Å². The lowest BCUT2D eigenvalue weighted by Crippen LogP contribution is -2.24. The van der Waals surface area contributed by atoms with Crippen LogP contribution in [0.4, 0.5) is 26.0 Å². The number of rotatable bonds is 6. The molecule has 204 valence electrons. The van der Waals surface area contributed by atoms with E-state index in [-0.39, 0.29) is 18.4 Å². The molecule has 1 fully saturated rings. The lowest BCUT2D eigenvalue weighted by molar-refractivity contribution is -0.120. The van der Waals surface area contributed by atoms with Gasteiger partial charge in [-0.2, -0.15) is 5.10 Å². The van der Waals surface area contributed by atoms with Crippen LogP contribution in [0.2, 0.25) is 0 Å². The zero-order chi connectivity index (χ0) is 27.5. The number of hydrogen-bond acceptors (Lipinski definition) is 6. The van der Waals surface area contributed by atoms with Gasteiger partial charge < -0.3 is 20.5 Å². The van der Waals surface area contributed by atoms with Gasteiger partial charge >= 0.3 is 0 Å². The molecule has 3 N–H and O–H groups in total. The molecule has 3 aromatic rings. The summed E-state index contributed by atoms with van der Waals surface area (Å²) in [5, 5.41) is 8.33. The summed E-state index contributed by atoms with van der Waals surface area (Å²) in [6.07, 6.45) is 3.10. The van der Waals surface area contributed by atoms with Crippen LogP contribution in [-0.2, 0) is 27.9 Å². The van der Waals surface area contributed by atoms with Gasteiger partial charge in [-0.25, -0.2) is 13.5 Å². The Kier molecular flexibility index (Phi) is 8.06. The first kappa shape index (κ1) is 27.6. The number of anilines is 3. The average molecular weight is 527 g/mol. The smallest absolute Gasteiger partial charge is 0.298 e. The molecule has 0 radical (unpaired) electrons. The Hall–Kier alpha value is -3.46. The molecule has 2 aromatic carbocycles. The third-order valence-electron chi connectivity index (χ3n) is 6.94. The first-order valence-corrected chi connectivity index (χ1v) is 12.8. The molecule has 7 nitrogen and oxygen atoms in total. The molecule has 1 aromatic heterocycles. The maximum absolute atomic E-state index is 13.7. The molecule has 0 amide bonds. The quantitative estimate of drug-likeness (QED) is 0.293. The van der Waals surface area contributed by atoms with Crippen molar-refractivity contribution in [2.75, 3.05) is 18.2 Å². The first-order valence-electron chi connectivity index (χ1n) is 12.8. The third-order valence-corrected chi connectivity index (χ3v) is 6.94. The molecule has 0 spiro atoms. The van der Waals surface area contributed by atoms with Gasteiger partial charge in [-0.3, -0.25) is 4.79 Å². The van der Waals surface area contributed by atoms with Crippen molar-refractivity contribution in [2.45, 2.75) is 76.4 Å². The molecule has 1 heterocycles. The number of halogens is 2. The Bertz CT molecular complexity index is 1250. The molecule has 9 heteroatoms. The molecule has 2 aliphatic rings. The first-order chi connectivity index (χ1) is 18.0. The molecule has 0 aliphatic heterocycles. The Morgan fingerprint density at radius 2 is 1.79 bits per heavy atom. The number of nitrogens with zero attached hydrogens (tertiary/aromatic N) is 2. The van der Waals surface area contributed by atoms with Crippen LogP contribution in [0.25, 0.3) is 0 Å². The van der Waals surface area contributed by atoms with E-state index in [4.69, 9.17) is 15.6 Å². The zero-order valence-corrected chi connectivity index (χ0v) is 22.3. The van der Waals surface area contributed by atoms with Crippen molar-refractivity contribution < 1.29 is 23.0 Å². The predicted octanol–water partition coefficient (Wildman–Crippen LogP) is 6.20. The van der Waals surface area contributed by atoms with Crippen molar-refractivity contribution in [2.24, 2.45) is 0 Å². The number of alkyl halides is 2. The second-order valence-corrected chi connectivity index (χ2v) is 11.0. The third kappa shape index (κ3) is 6.69. The zero-order valence-electron chi connectivity index (χ0n) is 22.3. The van der Waals surface area contributed by atoms with E-state index < -0.39 is 5.92 Å². The Morgan fingerprint density at radius 3 is 2.42 bits per heavy atom.